The van der Waals surface area contributed by atoms with Gasteiger partial charge in [0.1, 0.15) is 0 Å². The number of carbonyl (C=O) groups is 2. The minimum absolute atomic E-state index is 0.0912. The first-order valence-corrected chi connectivity index (χ1v) is 6.29. The molecule has 0 saturated heterocycles. The number of methoxy groups -OCH3 is 1. The molecule has 0 aliphatic rings. The Morgan fingerprint density at radius 1 is 1.50 bits per heavy atom. The number of carboxylic acid groups (broad SMARTS) is 1. The molecule has 1 aromatic carbocycles. The Hall–Kier alpha value is -1.79. The predicted molar refractivity (Wildman–Crippen MR) is 74.8 cm³/mol. The van der Waals surface area contributed by atoms with Gasteiger partial charge in [-0.3, -0.25) is 0 Å². The van der Waals surface area contributed by atoms with E-state index in [-0.39, 0.29) is 6.61 Å². The van der Waals surface area contributed by atoms with Crippen LogP contribution >= 0.6 is 11.6 Å². The lowest BCUT2D eigenvalue weighted by molar-refractivity contribution is -0.140. The minimum Gasteiger partial charge on any atom is -0.480 e. The molecule has 0 aliphatic carbocycles. The Bertz CT molecular complexity index is 481. The average molecular weight is 301 g/mol. The van der Waals surface area contributed by atoms with Gasteiger partial charge in [-0.2, -0.15) is 0 Å². The van der Waals surface area contributed by atoms with Crippen molar-refractivity contribution >= 4 is 23.6 Å². The smallest absolute Gasteiger partial charge is 0.328 e. The molecule has 1 rings (SSSR count). The molecule has 1 aromatic rings. The van der Waals surface area contributed by atoms with Crippen LogP contribution in [0.2, 0.25) is 5.02 Å². The highest BCUT2D eigenvalue weighted by Crippen LogP contribution is 2.12. The van der Waals surface area contributed by atoms with Crippen molar-refractivity contribution in [3.05, 3.63) is 34.9 Å². The highest BCUT2D eigenvalue weighted by molar-refractivity contribution is 6.30. The minimum atomic E-state index is -1.14. The van der Waals surface area contributed by atoms with Crippen molar-refractivity contribution in [2.75, 3.05) is 20.8 Å². The van der Waals surface area contributed by atoms with Crippen LogP contribution in [0.5, 0.6) is 0 Å². The molecule has 0 aromatic heterocycles. The summed E-state index contributed by atoms with van der Waals surface area (Å²) in [6.07, 6.45) is 0. The van der Waals surface area contributed by atoms with Crippen molar-refractivity contribution in [1.82, 2.24) is 10.2 Å². The number of hydrogen-bond donors (Lipinski definition) is 2. The molecule has 0 saturated carbocycles. The second kappa shape index (κ2) is 7.72. The maximum atomic E-state index is 11.9. The number of aliphatic carboxylic acids is 1. The molecular formula is C13H17ClN2O4. The van der Waals surface area contributed by atoms with Crippen molar-refractivity contribution in [2.45, 2.75) is 12.6 Å². The second-order valence-electron chi connectivity index (χ2n) is 4.28. The number of amides is 2. The number of halogens is 1. The average Bonchev–Trinajstić information content (AvgIpc) is 2.37. The molecule has 110 valence electrons. The van der Waals surface area contributed by atoms with Crippen LogP contribution in [-0.4, -0.2) is 48.8 Å². The van der Waals surface area contributed by atoms with E-state index in [0.29, 0.717) is 11.6 Å². The van der Waals surface area contributed by atoms with E-state index in [9.17, 15) is 9.59 Å². The van der Waals surface area contributed by atoms with Gasteiger partial charge in [0.2, 0.25) is 0 Å². The van der Waals surface area contributed by atoms with Crippen LogP contribution in [0.25, 0.3) is 0 Å². The van der Waals surface area contributed by atoms with E-state index < -0.39 is 18.0 Å². The Labute approximate surface area is 122 Å². The quantitative estimate of drug-likeness (QED) is 0.836. The third-order valence-electron chi connectivity index (χ3n) is 2.58. The van der Waals surface area contributed by atoms with E-state index in [1.807, 2.05) is 6.07 Å². The number of ether oxygens (including phenoxy) is 1. The van der Waals surface area contributed by atoms with E-state index in [1.54, 1.807) is 25.2 Å². The zero-order chi connectivity index (χ0) is 15.1. The summed E-state index contributed by atoms with van der Waals surface area (Å²) in [5, 5.41) is 11.9. The van der Waals surface area contributed by atoms with Crippen LogP contribution < -0.4 is 5.32 Å². The van der Waals surface area contributed by atoms with Crippen LogP contribution in [-0.2, 0) is 16.1 Å². The molecule has 0 aliphatic heterocycles. The van der Waals surface area contributed by atoms with Crippen LogP contribution in [0, 0.1) is 0 Å². The monoisotopic (exact) mass is 300 g/mol. The van der Waals surface area contributed by atoms with Crippen LogP contribution in [0.3, 0.4) is 0 Å². The van der Waals surface area contributed by atoms with Gasteiger partial charge in [-0.1, -0.05) is 23.7 Å². The maximum absolute atomic E-state index is 11.9. The number of rotatable bonds is 6. The molecule has 1 unspecified atom stereocenters. The number of carboxylic acids is 1. The summed E-state index contributed by atoms with van der Waals surface area (Å²) in [5.41, 5.74) is 0.855. The van der Waals surface area contributed by atoms with Crippen LogP contribution in [0.4, 0.5) is 4.79 Å². The number of benzene rings is 1. The Kier molecular flexibility index (Phi) is 6.27. The molecule has 7 heteroatoms. The predicted octanol–water partition coefficient (Wildman–Crippen LogP) is 1.58. The first-order valence-electron chi connectivity index (χ1n) is 5.92. The molecule has 0 fully saturated rings. The molecule has 0 heterocycles. The number of carbonyl (C=O) groups excluding carboxylic acids is 1. The summed E-state index contributed by atoms with van der Waals surface area (Å²) in [4.78, 5) is 24.2. The third-order valence-corrected chi connectivity index (χ3v) is 2.82. The van der Waals surface area contributed by atoms with Gasteiger partial charge >= 0.3 is 12.0 Å². The summed E-state index contributed by atoms with van der Waals surface area (Å²) >= 11 is 5.86. The van der Waals surface area contributed by atoms with Gasteiger partial charge < -0.3 is 20.1 Å². The third kappa shape index (κ3) is 5.07. The van der Waals surface area contributed by atoms with Gasteiger partial charge in [0, 0.05) is 25.7 Å². The molecule has 2 N–H and O–H groups in total. The fourth-order valence-electron chi connectivity index (χ4n) is 1.58. The molecule has 0 bridgehead atoms. The van der Waals surface area contributed by atoms with Crippen molar-refractivity contribution in [2.24, 2.45) is 0 Å². The fourth-order valence-corrected chi connectivity index (χ4v) is 1.79. The number of hydrogen-bond acceptors (Lipinski definition) is 3. The Balaban J connectivity index is 2.60. The van der Waals surface area contributed by atoms with Gasteiger partial charge in [-0.05, 0) is 17.7 Å². The van der Waals surface area contributed by atoms with Crippen molar-refractivity contribution in [1.29, 1.82) is 0 Å². The highest BCUT2D eigenvalue weighted by atomic mass is 35.5. The van der Waals surface area contributed by atoms with E-state index in [1.165, 1.54) is 12.0 Å². The van der Waals surface area contributed by atoms with Gasteiger partial charge in [0.15, 0.2) is 6.04 Å². The fraction of sp³-hybridized carbons (Fsp3) is 0.385. The highest BCUT2D eigenvalue weighted by Gasteiger charge is 2.21. The first kappa shape index (κ1) is 16.3. The number of urea groups is 1. The largest absolute Gasteiger partial charge is 0.480 e. The lowest BCUT2D eigenvalue weighted by Crippen LogP contribution is -2.48. The molecule has 2 amide bonds. The lowest BCUT2D eigenvalue weighted by atomic mass is 10.2. The maximum Gasteiger partial charge on any atom is 0.328 e. The van der Waals surface area contributed by atoms with Gasteiger partial charge in [0.25, 0.3) is 0 Å². The topological polar surface area (TPSA) is 78.9 Å². The number of nitrogens with one attached hydrogen (secondary N) is 1. The summed E-state index contributed by atoms with van der Waals surface area (Å²) in [7, 11) is 2.94. The van der Waals surface area contributed by atoms with E-state index in [2.05, 4.69) is 5.32 Å². The summed E-state index contributed by atoms with van der Waals surface area (Å²) in [6.45, 7) is 0.234. The molecular weight excluding hydrogens is 284 g/mol. The Morgan fingerprint density at radius 2 is 2.20 bits per heavy atom. The van der Waals surface area contributed by atoms with Crippen LogP contribution in [0.1, 0.15) is 5.56 Å². The van der Waals surface area contributed by atoms with Gasteiger partial charge in [-0.25, -0.2) is 9.59 Å². The molecule has 1 atom stereocenters. The Morgan fingerprint density at radius 3 is 2.75 bits per heavy atom. The molecule has 6 nitrogen and oxygen atoms in total. The van der Waals surface area contributed by atoms with Gasteiger partial charge in [0.05, 0.1) is 6.61 Å². The summed E-state index contributed by atoms with van der Waals surface area (Å²) in [5.74, 6) is -1.14. The molecule has 20 heavy (non-hydrogen) atoms. The van der Waals surface area contributed by atoms with Crippen molar-refractivity contribution in [3.63, 3.8) is 0 Å². The SMILES string of the molecule is COCC(NC(=O)N(C)Cc1cccc(Cl)c1)C(=O)O. The summed E-state index contributed by atoms with van der Waals surface area (Å²) < 4.78 is 4.75. The normalized spacial score (nSPS) is 11.8. The van der Waals surface area contributed by atoms with E-state index in [0.717, 1.165) is 5.56 Å². The summed E-state index contributed by atoms with van der Waals surface area (Å²) in [6, 6.07) is 5.54. The number of nitrogens with zero attached hydrogens (tertiary/aromatic N) is 1. The standard InChI is InChI=1S/C13H17ClN2O4/c1-16(7-9-4-3-5-10(14)6-9)13(19)15-11(8-20-2)12(17)18/h3-6,11H,7-8H2,1-2H3,(H,15,19)(H,17,18). The zero-order valence-corrected chi connectivity index (χ0v) is 12.1. The van der Waals surface area contributed by atoms with Gasteiger partial charge in [-0.15, -0.1) is 0 Å². The zero-order valence-electron chi connectivity index (χ0n) is 11.3. The second-order valence-corrected chi connectivity index (χ2v) is 4.72. The molecule has 0 spiro atoms. The van der Waals surface area contributed by atoms with Crippen molar-refractivity contribution in [3.8, 4) is 0 Å². The van der Waals surface area contributed by atoms with Crippen molar-refractivity contribution < 1.29 is 19.4 Å². The van der Waals surface area contributed by atoms with Crippen LogP contribution in [0.15, 0.2) is 24.3 Å². The van der Waals surface area contributed by atoms with E-state index in [4.69, 9.17) is 21.4 Å². The lowest BCUT2D eigenvalue weighted by Gasteiger charge is -2.21. The molecule has 0 radical (unpaired) electrons. The first-order chi connectivity index (χ1) is 9.43. The van der Waals surface area contributed by atoms with E-state index >= 15 is 0 Å².